The van der Waals surface area contributed by atoms with Crippen LogP contribution in [-0.4, -0.2) is 65.9 Å². The fraction of sp³-hybridized carbons (Fsp3) is 0.286. The lowest BCUT2D eigenvalue weighted by Crippen LogP contribution is -2.35. The zero-order valence-corrected chi connectivity index (χ0v) is 17.2. The minimum Gasteiger partial charge on any atom is -0.507 e. The van der Waals surface area contributed by atoms with Gasteiger partial charge in [-0.05, 0) is 50.0 Å². The summed E-state index contributed by atoms with van der Waals surface area (Å²) in [5.41, 5.74) is 0.936. The number of amides is 1. The number of hydrogen-bond donors (Lipinski definition) is 1. The number of pyridine rings is 1. The van der Waals surface area contributed by atoms with Gasteiger partial charge in [0.1, 0.15) is 11.5 Å². The summed E-state index contributed by atoms with van der Waals surface area (Å²) < 4.78 is 5.31. The first-order chi connectivity index (χ1) is 13.8. The quantitative estimate of drug-likeness (QED) is 0.443. The number of ketones is 1. The Morgan fingerprint density at radius 2 is 1.93 bits per heavy atom. The number of benzene rings is 1. The van der Waals surface area contributed by atoms with Gasteiger partial charge in [-0.2, -0.15) is 0 Å². The summed E-state index contributed by atoms with van der Waals surface area (Å²) in [6, 6.07) is 7.44. The Hall–Kier alpha value is -2.90. The number of ether oxygens (including phenoxy) is 1. The molecular formula is C21H22ClN3O4. The number of methoxy groups -OCH3 is 1. The van der Waals surface area contributed by atoms with Gasteiger partial charge in [0.05, 0.1) is 24.3 Å². The van der Waals surface area contributed by atoms with E-state index in [0.717, 1.165) is 0 Å². The summed E-state index contributed by atoms with van der Waals surface area (Å²) in [6.45, 7) is 0.892. The van der Waals surface area contributed by atoms with Gasteiger partial charge in [0, 0.05) is 30.5 Å². The Labute approximate surface area is 174 Å². The molecule has 1 fully saturated rings. The number of aliphatic hydroxyl groups excluding tert-OH is 1. The van der Waals surface area contributed by atoms with E-state index < -0.39 is 17.7 Å². The van der Waals surface area contributed by atoms with Crippen LogP contribution < -0.4 is 4.74 Å². The topological polar surface area (TPSA) is 83.0 Å². The molecule has 7 nitrogen and oxygen atoms in total. The molecule has 1 aliphatic rings. The standard InChI is InChI=1S/C21H22ClN3O4/c1-24(2)10-11-25-18(13-6-8-23-9-7-13)17(20(27)21(25)28)19(26)15-12-14(22)4-5-16(15)29-3/h4-9,12,18,26H,10-11H2,1-3H3/b19-17+/t18-/m0/s1. The molecule has 8 heteroatoms. The van der Waals surface area contributed by atoms with Crippen LogP contribution in [0.4, 0.5) is 0 Å². The van der Waals surface area contributed by atoms with Crippen molar-refractivity contribution in [1.82, 2.24) is 14.8 Å². The van der Waals surface area contributed by atoms with Gasteiger partial charge < -0.3 is 19.6 Å². The highest BCUT2D eigenvalue weighted by Gasteiger charge is 2.46. The highest BCUT2D eigenvalue weighted by atomic mass is 35.5. The van der Waals surface area contributed by atoms with Crippen molar-refractivity contribution in [2.24, 2.45) is 0 Å². The molecular weight excluding hydrogens is 394 g/mol. The average Bonchev–Trinajstić information content (AvgIpc) is 2.97. The van der Waals surface area contributed by atoms with E-state index in [1.165, 1.54) is 18.1 Å². The van der Waals surface area contributed by atoms with Crippen molar-refractivity contribution in [3.8, 4) is 5.75 Å². The smallest absolute Gasteiger partial charge is 0.295 e. The normalized spacial score (nSPS) is 18.5. The molecule has 2 aromatic rings. The first-order valence-electron chi connectivity index (χ1n) is 9.02. The Balaban J connectivity index is 2.19. The second-order valence-electron chi connectivity index (χ2n) is 6.92. The lowest BCUT2D eigenvalue weighted by atomic mass is 9.95. The summed E-state index contributed by atoms with van der Waals surface area (Å²) in [6.07, 6.45) is 3.17. The maximum Gasteiger partial charge on any atom is 0.295 e. The number of halogens is 1. The summed E-state index contributed by atoms with van der Waals surface area (Å²) in [7, 11) is 5.22. The Morgan fingerprint density at radius 1 is 1.24 bits per heavy atom. The van der Waals surface area contributed by atoms with Gasteiger partial charge in [-0.15, -0.1) is 0 Å². The van der Waals surface area contributed by atoms with E-state index in [-0.39, 0.29) is 16.9 Å². The van der Waals surface area contributed by atoms with Crippen molar-refractivity contribution in [1.29, 1.82) is 0 Å². The minimum atomic E-state index is -0.745. The Kier molecular flexibility index (Phi) is 6.20. The monoisotopic (exact) mass is 415 g/mol. The molecule has 1 atom stereocenters. The molecule has 0 unspecified atom stereocenters. The molecule has 1 aromatic carbocycles. The number of likely N-dealkylation sites (N-methyl/N-ethyl adjacent to an activating group) is 1. The maximum absolute atomic E-state index is 12.9. The first-order valence-corrected chi connectivity index (χ1v) is 9.40. The van der Waals surface area contributed by atoms with Crippen LogP contribution in [0.5, 0.6) is 5.75 Å². The number of rotatable bonds is 6. The Bertz CT molecular complexity index is 960. The zero-order valence-electron chi connectivity index (χ0n) is 16.4. The van der Waals surface area contributed by atoms with Crippen molar-refractivity contribution in [3.63, 3.8) is 0 Å². The number of Topliss-reactive ketones (excluding diaryl/α,β-unsaturated/α-hetero) is 1. The third-order valence-corrected chi connectivity index (χ3v) is 5.00. The third kappa shape index (κ3) is 4.11. The molecule has 1 amide bonds. The number of hydrogen-bond acceptors (Lipinski definition) is 6. The highest BCUT2D eigenvalue weighted by Crippen LogP contribution is 2.41. The number of carbonyl (C=O) groups is 2. The molecule has 2 heterocycles. The fourth-order valence-electron chi connectivity index (χ4n) is 3.32. The number of aliphatic hydroxyl groups is 1. The van der Waals surface area contributed by atoms with Crippen LogP contribution in [0.1, 0.15) is 17.2 Å². The summed E-state index contributed by atoms with van der Waals surface area (Å²) in [5, 5.41) is 11.5. The van der Waals surface area contributed by atoms with Gasteiger partial charge in [0.2, 0.25) is 0 Å². The summed E-state index contributed by atoms with van der Waals surface area (Å²) in [4.78, 5) is 33.1. The predicted octanol–water partition coefficient (Wildman–Crippen LogP) is 2.73. The minimum absolute atomic E-state index is 0.000484. The van der Waals surface area contributed by atoms with Crippen LogP contribution in [0.3, 0.4) is 0 Å². The van der Waals surface area contributed by atoms with E-state index in [1.54, 1.807) is 36.7 Å². The predicted molar refractivity (Wildman–Crippen MR) is 110 cm³/mol. The van der Waals surface area contributed by atoms with Gasteiger partial charge >= 0.3 is 0 Å². The van der Waals surface area contributed by atoms with E-state index in [2.05, 4.69) is 4.98 Å². The Morgan fingerprint density at radius 3 is 2.55 bits per heavy atom. The number of nitrogens with zero attached hydrogens (tertiary/aromatic N) is 3. The van der Waals surface area contributed by atoms with Crippen LogP contribution in [-0.2, 0) is 9.59 Å². The lowest BCUT2D eigenvalue weighted by Gasteiger charge is -2.26. The van der Waals surface area contributed by atoms with Crippen LogP contribution in [0.15, 0.2) is 48.3 Å². The van der Waals surface area contributed by atoms with E-state index >= 15 is 0 Å². The molecule has 1 aromatic heterocycles. The number of carbonyl (C=O) groups excluding carboxylic acids is 2. The van der Waals surface area contributed by atoms with Crippen LogP contribution in [0, 0.1) is 0 Å². The fourth-order valence-corrected chi connectivity index (χ4v) is 3.49. The molecule has 1 N–H and O–H groups in total. The molecule has 0 bridgehead atoms. The van der Waals surface area contributed by atoms with Crippen LogP contribution in [0.25, 0.3) is 5.76 Å². The van der Waals surface area contributed by atoms with Crippen molar-refractivity contribution in [2.75, 3.05) is 34.3 Å². The van der Waals surface area contributed by atoms with Crippen LogP contribution >= 0.6 is 11.6 Å². The molecule has 1 aliphatic heterocycles. The van der Waals surface area contributed by atoms with Gasteiger partial charge in [-0.3, -0.25) is 14.6 Å². The lowest BCUT2D eigenvalue weighted by molar-refractivity contribution is -0.140. The SMILES string of the molecule is COc1ccc(Cl)cc1/C(O)=C1\C(=O)C(=O)N(CCN(C)C)[C@H]1c1ccncc1. The largest absolute Gasteiger partial charge is 0.507 e. The molecule has 0 saturated carbocycles. The van der Waals surface area contributed by atoms with Gasteiger partial charge in [-0.25, -0.2) is 0 Å². The molecule has 0 radical (unpaired) electrons. The molecule has 29 heavy (non-hydrogen) atoms. The number of likely N-dealkylation sites (tertiary alicyclic amines) is 1. The van der Waals surface area contributed by atoms with Crippen LogP contribution in [0.2, 0.25) is 5.02 Å². The zero-order chi connectivity index (χ0) is 21.1. The first kappa shape index (κ1) is 20.8. The number of aromatic nitrogens is 1. The molecule has 152 valence electrons. The van der Waals surface area contributed by atoms with Crippen molar-refractivity contribution in [2.45, 2.75) is 6.04 Å². The van der Waals surface area contributed by atoms with E-state index in [9.17, 15) is 14.7 Å². The van der Waals surface area contributed by atoms with Gasteiger partial charge in [-0.1, -0.05) is 11.6 Å². The van der Waals surface area contributed by atoms with Crippen molar-refractivity contribution < 1.29 is 19.4 Å². The molecule has 3 rings (SSSR count). The molecule has 1 saturated heterocycles. The second-order valence-corrected chi connectivity index (χ2v) is 7.36. The van der Waals surface area contributed by atoms with Crippen molar-refractivity contribution >= 4 is 29.1 Å². The summed E-state index contributed by atoms with van der Waals surface area (Å²) in [5.74, 6) is -1.38. The molecule has 0 aliphatic carbocycles. The van der Waals surface area contributed by atoms with Crippen molar-refractivity contribution in [3.05, 3.63) is 64.4 Å². The maximum atomic E-state index is 12.9. The van der Waals surface area contributed by atoms with E-state index in [0.29, 0.717) is 29.4 Å². The average molecular weight is 416 g/mol. The second kappa shape index (κ2) is 8.63. The highest BCUT2D eigenvalue weighted by molar-refractivity contribution is 6.46. The summed E-state index contributed by atoms with van der Waals surface area (Å²) >= 11 is 6.09. The van der Waals surface area contributed by atoms with Gasteiger partial charge in [0.25, 0.3) is 11.7 Å². The van der Waals surface area contributed by atoms with E-state index in [1.807, 2.05) is 19.0 Å². The van der Waals surface area contributed by atoms with E-state index in [4.69, 9.17) is 16.3 Å². The van der Waals surface area contributed by atoms with Gasteiger partial charge in [0.15, 0.2) is 0 Å². The molecule has 0 spiro atoms. The third-order valence-electron chi connectivity index (χ3n) is 4.77.